The van der Waals surface area contributed by atoms with Crippen LogP contribution in [0.25, 0.3) is 0 Å². The van der Waals surface area contributed by atoms with Crippen molar-refractivity contribution in [1.82, 2.24) is 9.55 Å². The Morgan fingerprint density at radius 2 is 1.25 bits per heavy atom. The fraction of sp³-hybridized carbons (Fsp3) is 0.148. The number of carbonyl (C=O) groups excluding carboxylic acids is 2. The van der Waals surface area contributed by atoms with Gasteiger partial charge in [-0.15, -0.1) is 0 Å². The SMILES string of the molecule is NC(=O)C1CC1C(=O)c1cncn1C(c1ccccc1)(c1ccccc1)c1ccccc1. The summed E-state index contributed by atoms with van der Waals surface area (Å²) in [6.45, 7) is 0. The molecule has 4 aromatic rings. The van der Waals surface area contributed by atoms with Crippen LogP contribution >= 0.6 is 0 Å². The fourth-order valence-electron chi connectivity index (χ4n) is 4.69. The van der Waals surface area contributed by atoms with Crippen molar-refractivity contribution in [3.8, 4) is 0 Å². The van der Waals surface area contributed by atoms with Gasteiger partial charge in [-0.2, -0.15) is 0 Å². The fourth-order valence-corrected chi connectivity index (χ4v) is 4.69. The van der Waals surface area contributed by atoms with Crippen LogP contribution < -0.4 is 5.73 Å². The summed E-state index contributed by atoms with van der Waals surface area (Å²) in [6.07, 6.45) is 3.80. The smallest absolute Gasteiger partial charge is 0.221 e. The normalized spacial score (nSPS) is 17.6. The molecule has 5 rings (SSSR count). The van der Waals surface area contributed by atoms with Gasteiger partial charge < -0.3 is 10.3 Å². The third-order valence-electron chi connectivity index (χ3n) is 6.32. The van der Waals surface area contributed by atoms with E-state index in [1.165, 1.54) is 0 Å². The molecule has 1 aliphatic carbocycles. The van der Waals surface area contributed by atoms with Crippen LogP contribution in [0, 0.1) is 11.8 Å². The van der Waals surface area contributed by atoms with Crippen LogP contribution in [0.4, 0.5) is 0 Å². The van der Waals surface area contributed by atoms with Gasteiger partial charge in [0.2, 0.25) is 5.91 Å². The Hall–Kier alpha value is -3.99. The van der Waals surface area contributed by atoms with E-state index < -0.39 is 17.4 Å². The number of rotatable bonds is 7. The Morgan fingerprint density at radius 1 is 0.781 bits per heavy atom. The Balaban J connectivity index is 1.79. The van der Waals surface area contributed by atoms with Gasteiger partial charge in [0.05, 0.1) is 12.5 Å². The molecule has 0 saturated heterocycles. The molecule has 0 radical (unpaired) electrons. The number of benzene rings is 3. The number of aromatic nitrogens is 2. The van der Waals surface area contributed by atoms with Gasteiger partial charge in [0, 0.05) is 11.8 Å². The quantitative estimate of drug-likeness (QED) is 0.362. The molecule has 158 valence electrons. The zero-order valence-corrected chi connectivity index (χ0v) is 17.5. The zero-order chi connectivity index (χ0) is 22.1. The highest BCUT2D eigenvalue weighted by molar-refractivity contribution is 6.02. The largest absolute Gasteiger partial charge is 0.369 e. The minimum Gasteiger partial charge on any atom is -0.369 e. The Bertz CT molecular complexity index is 1150. The molecule has 1 fully saturated rings. The summed E-state index contributed by atoms with van der Waals surface area (Å²) in [5.74, 6) is -1.30. The Kier molecular flexibility index (Phi) is 4.94. The zero-order valence-electron chi connectivity index (χ0n) is 17.5. The summed E-state index contributed by atoms with van der Waals surface area (Å²) in [4.78, 5) is 29.5. The molecule has 2 unspecified atom stereocenters. The van der Waals surface area contributed by atoms with Gasteiger partial charge in [0.25, 0.3) is 0 Å². The maximum atomic E-state index is 13.5. The van der Waals surface area contributed by atoms with E-state index in [1.54, 1.807) is 12.5 Å². The number of imidazole rings is 1. The van der Waals surface area contributed by atoms with Crippen LogP contribution in [0.15, 0.2) is 104 Å². The number of hydrogen-bond donors (Lipinski definition) is 1. The van der Waals surface area contributed by atoms with Gasteiger partial charge in [-0.3, -0.25) is 9.59 Å². The second kappa shape index (κ2) is 7.93. The number of Topliss-reactive ketones (excluding diaryl/α,β-unsaturated/α-hetero) is 1. The predicted molar refractivity (Wildman–Crippen MR) is 122 cm³/mol. The summed E-state index contributed by atoms with van der Waals surface area (Å²) < 4.78 is 1.95. The third kappa shape index (κ3) is 3.14. The van der Waals surface area contributed by atoms with Gasteiger partial charge in [0.1, 0.15) is 11.2 Å². The lowest BCUT2D eigenvalue weighted by Gasteiger charge is -2.38. The number of hydrogen-bond acceptors (Lipinski definition) is 3. The summed E-state index contributed by atoms with van der Waals surface area (Å²) >= 11 is 0. The third-order valence-corrected chi connectivity index (χ3v) is 6.32. The molecular formula is C27H23N3O2. The van der Waals surface area contributed by atoms with Crippen molar-refractivity contribution < 1.29 is 9.59 Å². The Labute approximate surface area is 186 Å². The lowest BCUT2D eigenvalue weighted by atomic mass is 9.76. The first-order valence-corrected chi connectivity index (χ1v) is 10.7. The van der Waals surface area contributed by atoms with Gasteiger partial charge >= 0.3 is 0 Å². The molecule has 32 heavy (non-hydrogen) atoms. The van der Waals surface area contributed by atoms with E-state index in [0.717, 1.165) is 16.7 Å². The van der Waals surface area contributed by atoms with E-state index in [-0.39, 0.29) is 11.7 Å². The van der Waals surface area contributed by atoms with Crippen molar-refractivity contribution in [2.45, 2.75) is 12.0 Å². The summed E-state index contributed by atoms with van der Waals surface area (Å²) in [5, 5.41) is 0. The molecule has 2 atom stereocenters. The maximum Gasteiger partial charge on any atom is 0.221 e. The van der Waals surface area contributed by atoms with Crippen LogP contribution in [0.5, 0.6) is 0 Å². The summed E-state index contributed by atoms with van der Waals surface area (Å²) in [6, 6.07) is 30.3. The molecule has 0 spiro atoms. The van der Waals surface area contributed by atoms with Crippen molar-refractivity contribution in [3.05, 3.63) is 126 Å². The second-order valence-corrected chi connectivity index (χ2v) is 8.17. The van der Waals surface area contributed by atoms with Crippen LogP contribution in [-0.2, 0) is 10.3 Å². The van der Waals surface area contributed by atoms with E-state index in [2.05, 4.69) is 41.4 Å². The predicted octanol–water partition coefficient (Wildman–Crippen LogP) is 4.03. The van der Waals surface area contributed by atoms with Crippen molar-refractivity contribution in [2.24, 2.45) is 17.6 Å². The number of ketones is 1. The summed E-state index contributed by atoms with van der Waals surface area (Å²) in [5.41, 5.74) is 8.13. The number of carbonyl (C=O) groups is 2. The molecule has 1 aliphatic rings. The number of nitrogens with two attached hydrogens (primary N) is 1. The molecule has 5 heteroatoms. The first kappa shape index (κ1) is 19.9. The highest BCUT2D eigenvalue weighted by Crippen LogP contribution is 2.44. The first-order chi connectivity index (χ1) is 15.6. The van der Waals surface area contributed by atoms with Crippen molar-refractivity contribution >= 4 is 11.7 Å². The number of primary amides is 1. The van der Waals surface area contributed by atoms with Crippen LogP contribution in [0.2, 0.25) is 0 Å². The lowest BCUT2D eigenvalue weighted by Crippen LogP contribution is -2.39. The molecule has 3 aromatic carbocycles. The average molecular weight is 422 g/mol. The molecule has 5 nitrogen and oxygen atoms in total. The first-order valence-electron chi connectivity index (χ1n) is 10.7. The highest BCUT2D eigenvalue weighted by Gasteiger charge is 2.49. The van der Waals surface area contributed by atoms with Gasteiger partial charge in [-0.1, -0.05) is 91.0 Å². The number of nitrogens with zero attached hydrogens (tertiary/aromatic N) is 2. The van der Waals surface area contributed by atoms with Crippen molar-refractivity contribution in [1.29, 1.82) is 0 Å². The molecule has 2 N–H and O–H groups in total. The number of amides is 1. The van der Waals surface area contributed by atoms with Crippen LogP contribution in [-0.4, -0.2) is 21.2 Å². The van der Waals surface area contributed by atoms with Crippen LogP contribution in [0.3, 0.4) is 0 Å². The molecule has 0 aliphatic heterocycles. The standard InChI is InChI=1S/C27H23N3O2/c28-26(32)23-16-22(23)25(31)24-17-29-18-30(24)27(19-10-4-1-5-11-19,20-12-6-2-7-13-20)21-14-8-3-9-15-21/h1-15,17-18,22-23H,16H2,(H2,28,32). The minimum atomic E-state index is -0.817. The summed E-state index contributed by atoms with van der Waals surface area (Å²) in [7, 11) is 0. The molecule has 1 heterocycles. The maximum absolute atomic E-state index is 13.5. The second-order valence-electron chi connectivity index (χ2n) is 8.17. The molecule has 1 saturated carbocycles. The van der Waals surface area contributed by atoms with Gasteiger partial charge in [-0.05, 0) is 23.1 Å². The van der Waals surface area contributed by atoms with Crippen molar-refractivity contribution in [2.75, 3.05) is 0 Å². The lowest BCUT2D eigenvalue weighted by molar-refractivity contribution is -0.119. The molecule has 1 aromatic heterocycles. The van der Waals surface area contributed by atoms with Gasteiger partial charge in [0.15, 0.2) is 5.78 Å². The minimum absolute atomic E-state index is 0.0986. The van der Waals surface area contributed by atoms with E-state index in [0.29, 0.717) is 12.1 Å². The monoisotopic (exact) mass is 421 g/mol. The van der Waals surface area contributed by atoms with E-state index in [4.69, 9.17) is 5.73 Å². The van der Waals surface area contributed by atoms with E-state index >= 15 is 0 Å². The molecule has 0 bridgehead atoms. The van der Waals surface area contributed by atoms with E-state index in [1.807, 2.05) is 59.2 Å². The van der Waals surface area contributed by atoms with Crippen molar-refractivity contribution in [3.63, 3.8) is 0 Å². The topological polar surface area (TPSA) is 78.0 Å². The highest BCUT2D eigenvalue weighted by atomic mass is 16.2. The van der Waals surface area contributed by atoms with Gasteiger partial charge in [-0.25, -0.2) is 4.98 Å². The van der Waals surface area contributed by atoms with E-state index in [9.17, 15) is 9.59 Å². The molecular weight excluding hydrogens is 398 g/mol. The Morgan fingerprint density at radius 3 is 1.66 bits per heavy atom. The molecule has 1 amide bonds. The van der Waals surface area contributed by atoms with Crippen LogP contribution in [0.1, 0.15) is 33.6 Å². The average Bonchev–Trinajstić information content (AvgIpc) is 3.51.